The highest BCUT2D eigenvalue weighted by molar-refractivity contribution is 6.32. The zero-order chi connectivity index (χ0) is 19.4. The molecule has 3 rings (SSSR count). The molecular weight excluding hydrogens is 360 g/mol. The second kappa shape index (κ2) is 8.12. The Labute approximate surface area is 165 Å². The topological polar surface area (TPSA) is 62.1 Å². The number of halogens is 1. The third kappa shape index (κ3) is 4.50. The molecule has 0 bridgehead atoms. The maximum atomic E-state index is 12.8. The molecule has 27 heavy (non-hydrogen) atoms. The fourth-order valence-corrected chi connectivity index (χ4v) is 3.68. The molecule has 0 radical (unpaired) electrons. The van der Waals surface area contributed by atoms with Crippen LogP contribution in [-0.4, -0.2) is 18.9 Å². The van der Waals surface area contributed by atoms with Crippen molar-refractivity contribution >= 4 is 17.4 Å². The summed E-state index contributed by atoms with van der Waals surface area (Å²) in [5, 5.41) is 12.9. The molecule has 140 valence electrons. The summed E-state index contributed by atoms with van der Waals surface area (Å²) in [7, 11) is 0. The van der Waals surface area contributed by atoms with Gasteiger partial charge in [-0.05, 0) is 54.6 Å². The van der Waals surface area contributed by atoms with E-state index < -0.39 is 0 Å². The van der Waals surface area contributed by atoms with Crippen LogP contribution >= 0.6 is 11.6 Å². The molecule has 0 aromatic heterocycles. The van der Waals surface area contributed by atoms with Gasteiger partial charge in [0.05, 0.1) is 10.6 Å². The van der Waals surface area contributed by atoms with Crippen molar-refractivity contribution < 1.29 is 9.53 Å². The summed E-state index contributed by atoms with van der Waals surface area (Å²) in [6.07, 6.45) is 1.51. The van der Waals surface area contributed by atoms with Gasteiger partial charge in [0.2, 0.25) is 0 Å². The summed E-state index contributed by atoms with van der Waals surface area (Å²) < 4.78 is 5.77. The van der Waals surface area contributed by atoms with Crippen LogP contribution in [0.3, 0.4) is 0 Å². The number of nitrogens with one attached hydrogen (secondary N) is 1. The molecule has 1 aliphatic rings. The summed E-state index contributed by atoms with van der Waals surface area (Å²) in [6, 6.07) is 14.1. The smallest absolute Gasteiger partial charge is 0.163 e. The van der Waals surface area contributed by atoms with Gasteiger partial charge in [-0.15, -0.1) is 0 Å². The van der Waals surface area contributed by atoms with Gasteiger partial charge in [-0.3, -0.25) is 4.79 Å². The van der Waals surface area contributed by atoms with E-state index in [0.717, 1.165) is 19.5 Å². The van der Waals surface area contributed by atoms with Gasteiger partial charge >= 0.3 is 0 Å². The lowest BCUT2D eigenvalue weighted by Gasteiger charge is -2.38. The Morgan fingerprint density at radius 1 is 1.30 bits per heavy atom. The Morgan fingerprint density at radius 3 is 2.78 bits per heavy atom. The zero-order valence-corrected chi connectivity index (χ0v) is 16.3. The lowest BCUT2D eigenvalue weighted by Crippen LogP contribution is -2.43. The van der Waals surface area contributed by atoms with Crippen LogP contribution in [0.4, 0.5) is 0 Å². The predicted molar refractivity (Wildman–Crippen MR) is 106 cm³/mol. The second-order valence-electron chi connectivity index (χ2n) is 7.63. The van der Waals surface area contributed by atoms with Gasteiger partial charge in [0.15, 0.2) is 5.78 Å². The average Bonchev–Trinajstić information content (AvgIpc) is 2.65. The van der Waals surface area contributed by atoms with Gasteiger partial charge in [-0.2, -0.15) is 5.26 Å². The molecule has 0 aliphatic carbocycles. The maximum absolute atomic E-state index is 12.8. The highest BCUT2D eigenvalue weighted by atomic mass is 35.5. The number of benzene rings is 2. The number of para-hydroxylation sites is 1. The molecule has 1 N–H and O–H groups in total. The van der Waals surface area contributed by atoms with Crippen molar-refractivity contribution in [2.75, 3.05) is 13.1 Å². The highest BCUT2D eigenvalue weighted by Crippen LogP contribution is 2.36. The van der Waals surface area contributed by atoms with Crippen molar-refractivity contribution in [2.45, 2.75) is 26.7 Å². The lowest BCUT2D eigenvalue weighted by atomic mass is 9.72. The Bertz CT molecular complexity index is 886. The van der Waals surface area contributed by atoms with Gasteiger partial charge in [0, 0.05) is 18.5 Å². The maximum Gasteiger partial charge on any atom is 0.163 e. The molecular formula is C22H23ClN2O2. The van der Waals surface area contributed by atoms with Crippen molar-refractivity contribution in [3.8, 4) is 17.6 Å². The fraction of sp³-hybridized carbons (Fsp3) is 0.364. The van der Waals surface area contributed by atoms with Gasteiger partial charge in [0.25, 0.3) is 0 Å². The third-order valence-corrected chi connectivity index (χ3v) is 5.56. The number of nitrogens with zero attached hydrogens (tertiary/aromatic N) is 1. The number of ether oxygens (including phenoxy) is 1. The number of Topliss-reactive ketones (excluding diaryl/α,β-unsaturated/α-hetero) is 1. The van der Waals surface area contributed by atoms with E-state index in [1.54, 1.807) is 42.5 Å². The lowest BCUT2D eigenvalue weighted by molar-refractivity contribution is 0.0858. The van der Waals surface area contributed by atoms with Gasteiger partial charge in [-0.25, -0.2) is 0 Å². The average molecular weight is 383 g/mol. The summed E-state index contributed by atoms with van der Waals surface area (Å²) in [5.74, 6) is 1.32. The zero-order valence-electron chi connectivity index (χ0n) is 15.6. The molecule has 2 aromatic carbocycles. The standard InChI is InChI=1S/C22H23ClN2O2/c1-22(2)14-25-10-9-17(22)12-19(26)15-7-8-21(18(23)11-15)27-20-6-4-3-5-16(20)13-24/h3-8,11,17,25H,9-10,12,14H2,1-2H3. The fourth-order valence-electron chi connectivity index (χ4n) is 3.47. The number of nitriles is 1. The quantitative estimate of drug-likeness (QED) is 0.721. The summed E-state index contributed by atoms with van der Waals surface area (Å²) >= 11 is 6.35. The normalized spacial score (nSPS) is 18.5. The Kier molecular flexibility index (Phi) is 5.84. The molecule has 0 spiro atoms. The molecule has 1 atom stereocenters. The predicted octanol–water partition coefficient (Wildman–Crippen LogP) is 5.21. The van der Waals surface area contributed by atoms with Crippen molar-refractivity contribution in [2.24, 2.45) is 11.3 Å². The molecule has 1 heterocycles. The van der Waals surface area contributed by atoms with Crippen LogP contribution in [0.15, 0.2) is 42.5 Å². The molecule has 0 amide bonds. The van der Waals surface area contributed by atoms with E-state index in [-0.39, 0.29) is 11.2 Å². The number of carbonyl (C=O) groups excluding carboxylic acids is 1. The molecule has 0 saturated carbocycles. The van der Waals surface area contributed by atoms with E-state index in [4.69, 9.17) is 21.6 Å². The first-order chi connectivity index (χ1) is 12.9. The van der Waals surface area contributed by atoms with Crippen LogP contribution in [0.25, 0.3) is 0 Å². The third-order valence-electron chi connectivity index (χ3n) is 5.27. The Hall–Kier alpha value is -2.35. The van der Waals surface area contributed by atoms with Crippen LogP contribution < -0.4 is 10.1 Å². The largest absolute Gasteiger partial charge is 0.454 e. The Balaban J connectivity index is 1.74. The van der Waals surface area contributed by atoms with E-state index in [2.05, 4.69) is 25.2 Å². The van der Waals surface area contributed by atoms with Crippen LogP contribution in [0.5, 0.6) is 11.5 Å². The summed E-state index contributed by atoms with van der Waals surface area (Å²) in [6.45, 7) is 6.28. The SMILES string of the molecule is CC1(C)CNCCC1CC(=O)c1ccc(Oc2ccccc2C#N)c(Cl)c1. The summed E-state index contributed by atoms with van der Waals surface area (Å²) in [5.41, 5.74) is 1.12. The van der Waals surface area contributed by atoms with Gasteiger partial charge < -0.3 is 10.1 Å². The van der Waals surface area contributed by atoms with Gasteiger partial charge in [-0.1, -0.05) is 37.6 Å². The number of hydrogen-bond acceptors (Lipinski definition) is 4. The van der Waals surface area contributed by atoms with E-state index in [1.165, 1.54) is 0 Å². The van der Waals surface area contributed by atoms with Gasteiger partial charge in [0.1, 0.15) is 17.6 Å². The number of rotatable bonds is 5. The molecule has 1 unspecified atom stereocenters. The van der Waals surface area contributed by atoms with Crippen LogP contribution in [0.2, 0.25) is 5.02 Å². The first-order valence-electron chi connectivity index (χ1n) is 9.11. The Morgan fingerprint density at radius 2 is 2.07 bits per heavy atom. The second-order valence-corrected chi connectivity index (χ2v) is 8.04. The summed E-state index contributed by atoms with van der Waals surface area (Å²) in [4.78, 5) is 12.8. The van der Waals surface area contributed by atoms with E-state index in [0.29, 0.717) is 40.0 Å². The first kappa shape index (κ1) is 19.4. The molecule has 1 fully saturated rings. The van der Waals surface area contributed by atoms with Crippen LogP contribution in [-0.2, 0) is 0 Å². The van der Waals surface area contributed by atoms with E-state index >= 15 is 0 Å². The molecule has 1 saturated heterocycles. The number of carbonyl (C=O) groups is 1. The first-order valence-corrected chi connectivity index (χ1v) is 9.49. The van der Waals surface area contributed by atoms with E-state index in [1.807, 2.05) is 0 Å². The van der Waals surface area contributed by atoms with Crippen molar-refractivity contribution in [3.05, 3.63) is 58.6 Å². The molecule has 5 heteroatoms. The van der Waals surface area contributed by atoms with Crippen molar-refractivity contribution in [3.63, 3.8) is 0 Å². The number of hydrogen-bond donors (Lipinski definition) is 1. The molecule has 2 aromatic rings. The van der Waals surface area contributed by atoms with Crippen LogP contribution in [0.1, 0.15) is 42.6 Å². The molecule has 1 aliphatic heterocycles. The van der Waals surface area contributed by atoms with Crippen LogP contribution in [0, 0.1) is 22.7 Å². The van der Waals surface area contributed by atoms with Crippen molar-refractivity contribution in [1.82, 2.24) is 5.32 Å². The minimum atomic E-state index is 0.0980. The number of ketones is 1. The highest BCUT2D eigenvalue weighted by Gasteiger charge is 2.33. The number of piperidine rings is 1. The minimum absolute atomic E-state index is 0.0980. The monoisotopic (exact) mass is 382 g/mol. The minimum Gasteiger partial charge on any atom is -0.454 e. The van der Waals surface area contributed by atoms with E-state index in [9.17, 15) is 4.79 Å². The van der Waals surface area contributed by atoms with Crippen molar-refractivity contribution in [1.29, 1.82) is 5.26 Å². The molecule has 4 nitrogen and oxygen atoms in total.